The molecular formula is C22H28ClN3O3S. The van der Waals surface area contributed by atoms with E-state index in [4.69, 9.17) is 11.6 Å². The molecule has 2 aromatic carbocycles. The van der Waals surface area contributed by atoms with Crippen LogP contribution in [-0.4, -0.2) is 58.2 Å². The molecule has 3 rings (SSSR count). The number of carbonyl (C=O) groups excluding carboxylic acids is 1. The van der Waals surface area contributed by atoms with Gasteiger partial charge >= 0.3 is 0 Å². The summed E-state index contributed by atoms with van der Waals surface area (Å²) in [6, 6.07) is 11.3. The minimum absolute atomic E-state index is 0.208. The summed E-state index contributed by atoms with van der Waals surface area (Å²) in [6.45, 7) is 8.26. The number of carbonyl (C=O) groups is 1. The maximum Gasteiger partial charge on any atom is 0.243 e. The fourth-order valence-electron chi connectivity index (χ4n) is 3.75. The lowest BCUT2D eigenvalue weighted by molar-refractivity contribution is -0.129. The quantitative estimate of drug-likeness (QED) is 0.702. The number of halogens is 1. The summed E-state index contributed by atoms with van der Waals surface area (Å²) in [5.41, 5.74) is 4.75. The predicted octanol–water partition coefficient (Wildman–Crippen LogP) is 3.38. The normalized spacial score (nSPS) is 14.7. The van der Waals surface area contributed by atoms with Crippen LogP contribution in [0.25, 0.3) is 0 Å². The first-order valence-electron chi connectivity index (χ1n) is 9.91. The maximum absolute atomic E-state index is 13.0. The van der Waals surface area contributed by atoms with E-state index in [1.54, 1.807) is 30.0 Å². The van der Waals surface area contributed by atoms with Crippen molar-refractivity contribution in [3.05, 3.63) is 58.1 Å². The second-order valence-corrected chi connectivity index (χ2v) is 10.1. The Morgan fingerprint density at radius 3 is 2.27 bits per heavy atom. The molecule has 0 N–H and O–H groups in total. The molecule has 2 aromatic rings. The van der Waals surface area contributed by atoms with E-state index in [1.165, 1.54) is 16.8 Å². The number of piperazine rings is 1. The lowest BCUT2D eigenvalue weighted by atomic mass is 10.1. The molecule has 6 nitrogen and oxygen atoms in total. The molecule has 162 valence electrons. The van der Waals surface area contributed by atoms with Crippen LogP contribution in [0.4, 0.5) is 11.4 Å². The molecule has 1 aliphatic heterocycles. The highest BCUT2D eigenvalue weighted by Gasteiger charge is 2.28. The molecule has 0 bridgehead atoms. The van der Waals surface area contributed by atoms with Crippen LogP contribution in [0, 0.1) is 20.8 Å². The van der Waals surface area contributed by atoms with Crippen molar-refractivity contribution >= 4 is 38.9 Å². The van der Waals surface area contributed by atoms with Gasteiger partial charge in [0.1, 0.15) is 6.54 Å². The predicted molar refractivity (Wildman–Crippen MR) is 123 cm³/mol. The minimum Gasteiger partial charge on any atom is -0.368 e. The monoisotopic (exact) mass is 449 g/mol. The Hall–Kier alpha value is -2.25. The van der Waals surface area contributed by atoms with E-state index in [-0.39, 0.29) is 12.5 Å². The van der Waals surface area contributed by atoms with Crippen molar-refractivity contribution in [2.75, 3.05) is 48.2 Å². The number of sulfonamides is 1. The Bertz CT molecular complexity index is 1050. The molecular weight excluding hydrogens is 422 g/mol. The van der Waals surface area contributed by atoms with E-state index in [0.717, 1.165) is 10.6 Å². The highest BCUT2D eigenvalue weighted by atomic mass is 35.5. The molecule has 0 aliphatic carbocycles. The fourth-order valence-corrected chi connectivity index (χ4v) is 4.81. The molecule has 0 unspecified atom stereocenters. The topological polar surface area (TPSA) is 60.9 Å². The summed E-state index contributed by atoms with van der Waals surface area (Å²) in [4.78, 5) is 17.0. The lowest BCUT2D eigenvalue weighted by Crippen LogP contribution is -2.52. The van der Waals surface area contributed by atoms with Crippen molar-refractivity contribution in [2.24, 2.45) is 0 Å². The highest BCUT2D eigenvalue weighted by Crippen LogP contribution is 2.28. The SMILES string of the molecule is Cc1cccc(N2CCN(C(=O)CN(c3cccc(Cl)c3C)S(C)(=O)=O)CC2)c1C. The summed E-state index contributed by atoms with van der Waals surface area (Å²) in [5, 5.41) is 0.468. The largest absolute Gasteiger partial charge is 0.368 e. The number of hydrogen-bond acceptors (Lipinski definition) is 4. The van der Waals surface area contributed by atoms with E-state index < -0.39 is 10.0 Å². The lowest BCUT2D eigenvalue weighted by Gasteiger charge is -2.38. The van der Waals surface area contributed by atoms with Crippen molar-refractivity contribution < 1.29 is 13.2 Å². The summed E-state index contributed by atoms with van der Waals surface area (Å²) in [6.07, 6.45) is 1.11. The Kier molecular flexibility index (Phi) is 6.62. The van der Waals surface area contributed by atoms with Gasteiger partial charge in [-0.1, -0.05) is 29.8 Å². The molecule has 1 fully saturated rings. The zero-order valence-electron chi connectivity index (χ0n) is 17.9. The van der Waals surface area contributed by atoms with Crippen LogP contribution in [0.2, 0.25) is 5.02 Å². The molecule has 1 aliphatic rings. The van der Waals surface area contributed by atoms with Gasteiger partial charge in [-0.15, -0.1) is 0 Å². The standard InChI is InChI=1S/C22H28ClN3O3S/c1-16-7-5-9-20(17(16)2)24-11-13-25(14-12-24)22(27)15-26(30(4,28)29)21-10-6-8-19(23)18(21)3/h5-10H,11-15H2,1-4H3. The number of rotatable bonds is 5. The Morgan fingerprint density at radius 1 is 1.00 bits per heavy atom. The van der Waals surface area contributed by atoms with Gasteiger partial charge in [0.25, 0.3) is 0 Å². The summed E-state index contributed by atoms with van der Waals surface area (Å²) < 4.78 is 26.0. The molecule has 1 saturated heterocycles. The van der Waals surface area contributed by atoms with Crippen molar-refractivity contribution in [3.63, 3.8) is 0 Å². The Labute approximate surface area is 184 Å². The van der Waals surface area contributed by atoms with Crippen LogP contribution in [-0.2, 0) is 14.8 Å². The van der Waals surface area contributed by atoms with Gasteiger partial charge in [0.15, 0.2) is 0 Å². The zero-order valence-corrected chi connectivity index (χ0v) is 19.4. The van der Waals surface area contributed by atoms with Crippen LogP contribution in [0.5, 0.6) is 0 Å². The van der Waals surface area contributed by atoms with E-state index in [0.29, 0.717) is 42.5 Å². The molecule has 0 atom stereocenters. The second-order valence-electron chi connectivity index (χ2n) is 7.74. The van der Waals surface area contributed by atoms with Gasteiger partial charge in [-0.2, -0.15) is 0 Å². The third kappa shape index (κ3) is 4.73. The van der Waals surface area contributed by atoms with Gasteiger partial charge in [-0.25, -0.2) is 8.42 Å². The number of hydrogen-bond donors (Lipinski definition) is 0. The average Bonchev–Trinajstić information content (AvgIpc) is 2.70. The van der Waals surface area contributed by atoms with Gasteiger partial charge in [-0.3, -0.25) is 9.10 Å². The van der Waals surface area contributed by atoms with E-state index in [2.05, 4.69) is 30.9 Å². The van der Waals surface area contributed by atoms with Crippen molar-refractivity contribution in [3.8, 4) is 0 Å². The zero-order chi connectivity index (χ0) is 22.1. The Morgan fingerprint density at radius 2 is 1.63 bits per heavy atom. The molecule has 0 radical (unpaired) electrons. The molecule has 0 saturated carbocycles. The second kappa shape index (κ2) is 8.86. The molecule has 1 heterocycles. The number of benzene rings is 2. The molecule has 0 spiro atoms. The maximum atomic E-state index is 13.0. The van der Waals surface area contributed by atoms with Gasteiger partial charge in [0, 0.05) is 36.9 Å². The van der Waals surface area contributed by atoms with E-state index in [9.17, 15) is 13.2 Å². The van der Waals surface area contributed by atoms with Crippen molar-refractivity contribution in [2.45, 2.75) is 20.8 Å². The number of nitrogens with zero attached hydrogens (tertiary/aromatic N) is 3. The third-order valence-corrected chi connectivity index (χ3v) is 7.27. The van der Waals surface area contributed by atoms with Gasteiger partial charge in [-0.05, 0) is 55.7 Å². The number of anilines is 2. The summed E-state index contributed by atoms with van der Waals surface area (Å²) in [5.74, 6) is -0.208. The van der Waals surface area contributed by atoms with Crippen LogP contribution in [0.3, 0.4) is 0 Å². The van der Waals surface area contributed by atoms with Crippen LogP contribution >= 0.6 is 11.6 Å². The first-order valence-corrected chi connectivity index (χ1v) is 12.1. The summed E-state index contributed by atoms with van der Waals surface area (Å²) >= 11 is 6.17. The summed E-state index contributed by atoms with van der Waals surface area (Å²) in [7, 11) is -3.64. The van der Waals surface area contributed by atoms with E-state index in [1.807, 2.05) is 6.07 Å². The first kappa shape index (κ1) is 22.4. The molecule has 8 heteroatoms. The van der Waals surface area contributed by atoms with Gasteiger partial charge < -0.3 is 9.80 Å². The molecule has 0 aromatic heterocycles. The molecule has 30 heavy (non-hydrogen) atoms. The molecule has 1 amide bonds. The van der Waals surface area contributed by atoms with Crippen molar-refractivity contribution in [1.82, 2.24) is 4.90 Å². The third-order valence-electron chi connectivity index (χ3n) is 5.74. The number of amides is 1. The fraction of sp³-hybridized carbons (Fsp3) is 0.409. The number of aryl methyl sites for hydroxylation is 1. The van der Waals surface area contributed by atoms with Crippen LogP contribution in [0.15, 0.2) is 36.4 Å². The Balaban J connectivity index is 1.72. The van der Waals surface area contributed by atoms with Crippen LogP contribution in [0.1, 0.15) is 16.7 Å². The van der Waals surface area contributed by atoms with Crippen LogP contribution < -0.4 is 9.21 Å². The van der Waals surface area contributed by atoms with E-state index >= 15 is 0 Å². The highest BCUT2D eigenvalue weighted by molar-refractivity contribution is 7.92. The van der Waals surface area contributed by atoms with Gasteiger partial charge in [0.05, 0.1) is 11.9 Å². The smallest absolute Gasteiger partial charge is 0.243 e. The van der Waals surface area contributed by atoms with Gasteiger partial charge in [0.2, 0.25) is 15.9 Å². The first-order chi connectivity index (χ1) is 14.1. The minimum atomic E-state index is -3.64. The van der Waals surface area contributed by atoms with Crippen molar-refractivity contribution in [1.29, 1.82) is 0 Å². The average molecular weight is 450 g/mol.